The minimum Gasteiger partial charge on any atom is -0.382 e. The molecule has 0 aliphatic carbocycles. The molecule has 1 aliphatic heterocycles. The van der Waals surface area contributed by atoms with Crippen LogP contribution in [0.5, 0.6) is 5.75 Å². The Hall–Kier alpha value is -3.80. The number of hydroxylamine groups is 1. The lowest BCUT2D eigenvalue weighted by Crippen LogP contribution is -2.45. The van der Waals surface area contributed by atoms with Crippen molar-refractivity contribution in [2.45, 2.75) is 33.1 Å². The van der Waals surface area contributed by atoms with E-state index in [-0.39, 0.29) is 6.03 Å². The number of nitrogens with one attached hydrogen (secondary N) is 2. The number of fused-ring (bicyclic) bond motifs is 1. The van der Waals surface area contributed by atoms with Gasteiger partial charge in [0.2, 0.25) is 5.82 Å². The first-order chi connectivity index (χ1) is 15.0. The highest BCUT2D eigenvalue weighted by molar-refractivity contribution is 5.81. The van der Waals surface area contributed by atoms with Crippen LogP contribution in [0.15, 0.2) is 24.5 Å². The number of anilines is 1. The fourth-order valence-corrected chi connectivity index (χ4v) is 3.47. The first kappa shape index (κ1) is 20.5. The number of aromatic amines is 1. The number of rotatable bonds is 3. The van der Waals surface area contributed by atoms with Crippen molar-refractivity contribution in [3.05, 3.63) is 41.5 Å². The molecule has 4 N–H and O–H groups in total. The largest absolute Gasteiger partial charge is 0.382 e. The van der Waals surface area contributed by atoms with Gasteiger partial charge in [0.25, 0.3) is 0 Å². The van der Waals surface area contributed by atoms with E-state index in [0.717, 1.165) is 24.8 Å². The summed E-state index contributed by atoms with van der Waals surface area (Å²) < 4.78 is 0. The maximum atomic E-state index is 12.4. The average molecular weight is 419 g/mol. The zero-order valence-electron chi connectivity index (χ0n) is 17.6. The number of likely N-dealkylation sites (tertiary alicyclic amines) is 1. The van der Waals surface area contributed by atoms with Crippen LogP contribution in [-0.2, 0) is 0 Å². The lowest BCUT2D eigenvalue weighted by molar-refractivity contribution is 0.127. The van der Waals surface area contributed by atoms with E-state index in [1.807, 2.05) is 32.0 Å². The van der Waals surface area contributed by atoms with E-state index in [4.69, 9.17) is 10.6 Å². The molecule has 3 aromatic rings. The molecular weight excluding hydrogens is 394 g/mol. The van der Waals surface area contributed by atoms with Gasteiger partial charge in [0.15, 0.2) is 17.2 Å². The fourth-order valence-electron chi connectivity index (χ4n) is 3.47. The molecule has 3 heterocycles. The summed E-state index contributed by atoms with van der Waals surface area (Å²) in [7, 11) is 0. The summed E-state index contributed by atoms with van der Waals surface area (Å²) in [5.41, 5.74) is 11.9. The molecule has 0 radical (unpaired) electrons. The third-order valence-electron chi connectivity index (χ3n) is 5.54. The summed E-state index contributed by atoms with van der Waals surface area (Å²) in [6, 6.07) is 5.49. The van der Waals surface area contributed by atoms with E-state index < -0.39 is 0 Å². The first-order valence-corrected chi connectivity index (χ1v) is 10.2. The predicted molar refractivity (Wildman–Crippen MR) is 117 cm³/mol. The fraction of sp³-hybridized carbons (Fsp3) is 0.364. The standard InChI is InChI=1S/C22H25N7O2/c1-14-6-7-17(12-15(14)2)31-28-22(30)29-10-8-16(9-11-29)4-3-5-18-26-20(23)19-21(27-18)25-13-24-19/h6-7,12-13,16H,4,8-11H2,1-2H3,(H,28,30)(H3,23,24,25,26,27). The number of H-pyrrole nitrogens is 1. The molecule has 0 saturated carbocycles. The molecule has 31 heavy (non-hydrogen) atoms. The summed E-state index contributed by atoms with van der Waals surface area (Å²) in [4.78, 5) is 35.1. The smallest absolute Gasteiger partial charge is 0.350 e. The van der Waals surface area contributed by atoms with Crippen LogP contribution >= 0.6 is 0 Å². The van der Waals surface area contributed by atoms with Gasteiger partial charge in [-0.1, -0.05) is 12.0 Å². The number of nitrogen functional groups attached to an aromatic ring is 1. The van der Waals surface area contributed by atoms with Gasteiger partial charge < -0.3 is 20.5 Å². The number of urea groups is 1. The number of carbonyl (C=O) groups is 1. The molecule has 1 aromatic carbocycles. The second-order valence-electron chi connectivity index (χ2n) is 7.73. The van der Waals surface area contributed by atoms with Crippen molar-refractivity contribution in [2.75, 3.05) is 18.8 Å². The number of amides is 2. The molecule has 160 valence electrons. The Kier molecular flexibility index (Phi) is 5.89. The lowest BCUT2D eigenvalue weighted by Gasteiger charge is -2.30. The molecule has 0 unspecified atom stereocenters. The van der Waals surface area contributed by atoms with Crippen molar-refractivity contribution < 1.29 is 9.63 Å². The number of benzene rings is 1. The number of aromatic nitrogens is 4. The van der Waals surface area contributed by atoms with E-state index in [1.165, 1.54) is 11.9 Å². The van der Waals surface area contributed by atoms with Gasteiger partial charge in [-0.15, -0.1) is 0 Å². The normalized spacial score (nSPS) is 14.2. The van der Waals surface area contributed by atoms with Gasteiger partial charge in [0.05, 0.1) is 6.33 Å². The highest BCUT2D eigenvalue weighted by atomic mass is 16.7. The number of hydrogen-bond donors (Lipinski definition) is 3. The Morgan fingerprint density at radius 3 is 2.87 bits per heavy atom. The van der Waals surface area contributed by atoms with Crippen LogP contribution in [0.1, 0.15) is 36.2 Å². The summed E-state index contributed by atoms with van der Waals surface area (Å²) >= 11 is 0. The quantitative estimate of drug-likeness (QED) is 0.443. The van der Waals surface area contributed by atoms with Crippen molar-refractivity contribution in [2.24, 2.45) is 5.92 Å². The number of piperidine rings is 1. The minimum absolute atomic E-state index is 0.223. The zero-order chi connectivity index (χ0) is 21.8. The van der Waals surface area contributed by atoms with Gasteiger partial charge in [-0.25, -0.2) is 14.8 Å². The summed E-state index contributed by atoms with van der Waals surface area (Å²) in [5, 5.41) is 0. The summed E-state index contributed by atoms with van der Waals surface area (Å²) in [6.45, 7) is 5.37. The number of hydrogen-bond acceptors (Lipinski definition) is 6. The number of carbonyl (C=O) groups excluding carboxylic acids is 1. The molecular formula is C22H25N7O2. The SMILES string of the molecule is Cc1ccc(ONC(=O)N2CCC(CC#Cc3nc(N)c4[nH]cnc4n3)CC2)cc1C. The van der Waals surface area contributed by atoms with Gasteiger partial charge >= 0.3 is 6.03 Å². The van der Waals surface area contributed by atoms with Crippen LogP contribution in [0, 0.1) is 31.6 Å². The summed E-state index contributed by atoms with van der Waals surface area (Å²) in [6.07, 6.45) is 4.01. The second-order valence-corrected chi connectivity index (χ2v) is 7.73. The van der Waals surface area contributed by atoms with Crippen molar-refractivity contribution in [3.8, 4) is 17.6 Å². The Morgan fingerprint density at radius 1 is 1.29 bits per heavy atom. The van der Waals surface area contributed by atoms with Gasteiger partial charge in [-0.3, -0.25) is 0 Å². The van der Waals surface area contributed by atoms with Crippen molar-refractivity contribution in [1.29, 1.82) is 0 Å². The second kappa shape index (κ2) is 8.92. The molecule has 0 spiro atoms. The number of nitrogens with two attached hydrogens (primary N) is 1. The zero-order valence-corrected chi connectivity index (χ0v) is 17.6. The Bertz CT molecular complexity index is 1150. The van der Waals surface area contributed by atoms with Crippen LogP contribution in [-0.4, -0.2) is 44.0 Å². The molecule has 1 fully saturated rings. The molecule has 2 aromatic heterocycles. The van der Waals surface area contributed by atoms with Crippen molar-refractivity contribution >= 4 is 23.0 Å². The highest BCUT2D eigenvalue weighted by Gasteiger charge is 2.22. The third kappa shape index (κ3) is 4.86. The van der Waals surface area contributed by atoms with E-state index in [0.29, 0.717) is 47.6 Å². The minimum atomic E-state index is -0.223. The van der Waals surface area contributed by atoms with Crippen LogP contribution in [0.25, 0.3) is 11.2 Å². The number of aryl methyl sites for hydroxylation is 2. The van der Waals surface area contributed by atoms with Gasteiger partial charge in [-0.2, -0.15) is 10.5 Å². The Morgan fingerprint density at radius 2 is 2.10 bits per heavy atom. The van der Waals surface area contributed by atoms with E-state index in [2.05, 4.69) is 37.3 Å². The predicted octanol–water partition coefficient (Wildman–Crippen LogP) is 2.71. The summed E-state index contributed by atoms with van der Waals surface area (Å²) in [5.74, 6) is 7.88. The van der Waals surface area contributed by atoms with Crippen molar-refractivity contribution in [3.63, 3.8) is 0 Å². The average Bonchev–Trinajstić information content (AvgIpc) is 3.24. The lowest BCUT2D eigenvalue weighted by atomic mass is 9.94. The monoisotopic (exact) mass is 419 g/mol. The van der Waals surface area contributed by atoms with Gasteiger partial charge in [-0.05, 0) is 61.8 Å². The molecule has 1 aliphatic rings. The van der Waals surface area contributed by atoms with Crippen LogP contribution in [0.2, 0.25) is 0 Å². The highest BCUT2D eigenvalue weighted by Crippen LogP contribution is 2.21. The van der Waals surface area contributed by atoms with Crippen molar-refractivity contribution in [1.82, 2.24) is 30.3 Å². The molecule has 0 atom stereocenters. The van der Waals surface area contributed by atoms with E-state index in [9.17, 15) is 4.79 Å². The Labute approximate surface area is 180 Å². The first-order valence-electron chi connectivity index (χ1n) is 10.2. The third-order valence-corrected chi connectivity index (χ3v) is 5.54. The van der Waals surface area contributed by atoms with Gasteiger partial charge in [0, 0.05) is 19.5 Å². The topological polar surface area (TPSA) is 122 Å². The van der Waals surface area contributed by atoms with Crippen LogP contribution in [0.3, 0.4) is 0 Å². The maximum absolute atomic E-state index is 12.4. The number of nitrogens with zero attached hydrogens (tertiary/aromatic N) is 4. The molecule has 4 rings (SSSR count). The molecule has 2 amide bonds. The van der Waals surface area contributed by atoms with Gasteiger partial charge in [0.1, 0.15) is 5.52 Å². The van der Waals surface area contributed by atoms with E-state index >= 15 is 0 Å². The molecule has 0 bridgehead atoms. The Balaban J connectivity index is 1.24. The number of imidazole rings is 1. The van der Waals surface area contributed by atoms with E-state index in [1.54, 1.807) is 4.90 Å². The van der Waals surface area contributed by atoms with Crippen LogP contribution < -0.4 is 16.1 Å². The molecule has 1 saturated heterocycles. The molecule has 9 heteroatoms. The maximum Gasteiger partial charge on any atom is 0.350 e. The molecule has 9 nitrogen and oxygen atoms in total. The van der Waals surface area contributed by atoms with Crippen LogP contribution in [0.4, 0.5) is 10.6 Å².